The molecule has 2 aliphatic heterocycles. The normalized spacial score (nSPS) is 27.2. The molecule has 0 unspecified atom stereocenters. The molecule has 0 bridgehead atoms. The quantitative estimate of drug-likeness (QED) is 0.583. The van der Waals surface area contributed by atoms with Gasteiger partial charge in [0.25, 0.3) is 0 Å². The van der Waals surface area contributed by atoms with Crippen LogP contribution >= 0.6 is 0 Å². The molecule has 1 aromatic carbocycles. The minimum atomic E-state index is -4.67. The molecule has 10 heteroatoms. The summed E-state index contributed by atoms with van der Waals surface area (Å²) in [5, 5.41) is 19.4. The first-order valence-electron chi connectivity index (χ1n) is 12.9. The first-order chi connectivity index (χ1) is 16.9. The molecule has 0 radical (unpaired) electrons. The zero-order valence-corrected chi connectivity index (χ0v) is 20.9. The fourth-order valence-corrected chi connectivity index (χ4v) is 6.14. The summed E-state index contributed by atoms with van der Waals surface area (Å²) in [5.74, 6) is -0.0337. The van der Waals surface area contributed by atoms with Gasteiger partial charge in [-0.15, -0.1) is 0 Å². The number of carbonyl (C=O) groups excluding carboxylic acids is 1. The monoisotopic (exact) mass is 511 g/mol. The van der Waals surface area contributed by atoms with E-state index >= 15 is 0 Å². The van der Waals surface area contributed by atoms with E-state index in [1.165, 1.54) is 12.1 Å². The van der Waals surface area contributed by atoms with E-state index < -0.39 is 23.2 Å². The second-order valence-electron chi connectivity index (χ2n) is 11.0. The van der Waals surface area contributed by atoms with Gasteiger partial charge in [-0.2, -0.15) is 13.2 Å². The molecular weight excluding hydrogens is 475 g/mol. The van der Waals surface area contributed by atoms with Crippen LogP contribution in [0.5, 0.6) is 0 Å². The maximum absolute atomic E-state index is 14.2. The smallest absolute Gasteiger partial charge is 0.418 e. The lowest BCUT2D eigenvalue weighted by atomic mass is 9.78. The summed E-state index contributed by atoms with van der Waals surface area (Å²) in [6, 6.07) is 3.79. The number of benzene rings is 1. The van der Waals surface area contributed by atoms with Crippen molar-refractivity contribution < 1.29 is 33.0 Å². The van der Waals surface area contributed by atoms with Crippen molar-refractivity contribution in [3.63, 3.8) is 0 Å². The van der Waals surface area contributed by atoms with E-state index in [9.17, 15) is 33.0 Å². The molecule has 2 saturated heterocycles. The molecule has 2 amide bonds. The Kier molecular flexibility index (Phi) is 7.46. The molecule has 1 saturated carbocycles. The number of anilines is 2. The number of hydrogen-bond donors (Lipinski definition) is 2. The van der Waals surface area contributed by atoms with Gasteiger partial charge < -0.3 is 20.0 Å². The van der Waals surface area contributed by atoms with Crippen molar-refractivity contribution in [1.82, 2.24) is 4.90 Å². The molecule has 1 aromatic rings. The SMILES string of the molecule is CC(C)CN(C(=O)O)c1ccc(N2CCC[C@]3(CCN(C4CCC(O)CC4)C3=O)C2)c(C(F)(F)F)c1. The molecule has 3 fully saturated rings. The average molecular weight is 512 g/mol. The Morgan fingerprint density at radius 2 is 1.86 bits per heavy atom. The highest BCUT2D eigenvalue weighted by atomic mass is 19.4. The number of halogens is 3. The number of rotatable bonds is 5. The van der Waals surface area contributed by atoms with Crippen LogP contribution in [0.2, 0.25) is 0 Å². The minimum Gasteiger partial charge on any atom is -0.465 e. The highest BCUT2D eigenvalue weighted by molar-refractivity contribution is 5.88. The summed E-state index contributed by atoms with van der Waals surface area (Å²) >= 11 is 0. The molecule has 1 aliphatic carbocycles. The fraction of sp³-hybridized carbons (Fsp3) is 0.692. The Bertz CT molecular complexity index is 978. The third kappa shape index (κ3) is 5.28. The summed E-state index contributed by atoms with van der Waals surface area (Å²) in [4.78, 5) is 29.8. The van der Waals surface area contributed by atoms with Crippen LogP contribution < -0.4 is 9.80 Å². The van der Waals surface area contributed by atoms with Crippen molar-refractivity contribution in [2.45, 2.75) is 77.1 Å². The zero-order chi connectivity index (χ0) is 26.3. The van der Waals surface area contributed by atoms with Gasteiger partial charge in [-0.1, -0.05) is 13.8 Å². The Labute approximate surface area is 209 Å². The van der Waals surface area contributed by atoms with Gasteiger partial charge in [-0.3, -0.25) is 9.69 Å². The number of likely N-dealkylation sites (tertiary alicyclic amines) is 1. The predicted molar refractivity (Wildman–Crippen MR) is 130 cm³/mol. The first-order valence-corrected chi connectivity index (χ1v) is 12.9. The summed E-state index contributed by atoms with van der Waals surface area (Å²) in [6.07, 6.45) is -1.59. The number of aliphatic hydroxyl groups excluding tert-OH is 1. The third-order valence-corrected chi connectivity index (χ3v) is 7.95. The van der Waals surface area contributed by atoms with Crippen molar-refractivity contribution in [2.75, 3.05) is 36.0 Å². The van der Waals surface area contributed by atoms with Crippen LogP contribution in [0, 0.1) is 11.3 Å². The lowest BCUT2D eigenvalue weighted by Crippen LogP contribution is -2.50. The number of hydrogen-bond acceptors (Lipinski definition) is 4. The predicted octanol–water partition coefficient (Wildman–Crippen LogP) is 4.97. The number of amides is 2. The van der Waals surface area contributed by atoms with Crippen molar-refractivity contribution in [1.29, 1.82) is 0 Å². The Morgan fingerprint density at radius 1 is 1.17 bits per heavy atom. The average Bonchev–Trinajstić information content (AvgIpc) is 3.12. The number of nitrogens with zero attached hydrogens (tertiary/aromatic N) is 3. The summed E-state index contributed by atoms with van der Waals surface area (Å²) < 4.78 is 42.6. The van der Waals surface area contributed by atoms with E-state index in [2.05, 4.69) is 0 Å². The molecule has 200 valence electrons. The van der Waals surface area contributed by atoms with Gasteiger partial charge in [-0.25, -0.2) is 4.79 Å². The molecule has 36 heavy (non-hydrogen) atoms. The summed E-state index contributed by atoms with van der Waals surface area (Å²) in [7, 11) is 0. The van der Waals surface area contributed by atoms with E-state index in [-0.39, 0.29) is 48.4 Å². The van der Waals surface area contributed by atoms with Gasteiger partial charge in [0.2, 0.25) is 5.91 Å². The Balaban J connectivity index is 1.60. The number of alkyl halides is 3. The van der Waals surface area contributed by atoms with E-state index in [0.717, 1.165) is 23.8 Å². The Morgan fingerprint density at radius 3 is 2.47 bits per heavy atom. The molecule has 2 heterocycles. The largest absolute Gasteiger partial charge is 0.465 e. The van der Waals surface area contributed by atoms with Gasteiger partial charge >= 0.3 is 12.3 Å². The number of carboxylic acid groups (broad SMARTS) is 1. The van der Waals surface area contributed by atoms with E-state index in [4.69, 9.17) is 0 Å². The van der Waals surface area contributed by atoms with Crippen molar-refractivity contribution in [3.8, 4) is 0 Å². The maximum atomic E-state index is 14.2. The molecule has 0 aromatic heterocycles. The molecule has 1 spiro atoms. The third-order valence-electron chi connectivity index (χ3n) is 7.95. The van der Waals surface area contributed by atoms with Gasteiger partial charge in [0.15, 0.2) is 0 Å². The molecular formula is C26H36F3N3O4. The summed E-state index contributed by atoms with van der Waals surface area (Å²) in [6.45, 7) is 4.91. The standard InChI is InChI=1S/C26H36F3N3O4/c1-17(2)15-32(24(35)36)19-6-9-22(21(14-19)26(27,28)29)30-12-3-10-25(16-30)11-13-31(23(25)34)18-4-7-20(33)8-5-18/h6,9,14,17-18,20,33H,3-5,7-8,10-13,15-16H2,1-2H3,(H,35,36)/t18?,20?,25-/m0/s1. The van der Waals surface area contributed by atoms with Crippen LogP contribution in [-0.4, -0.2) is 65.4 Å². The van der Waals surface area contributed by atoms with Crippen molar-refractivity contribution in [3.05, 3.63) is 23.8 Å². The Hall–Kier alpha value is -2.49. The van der Waals surface area contributed by atoms with Gasteiger partial charge in [0, 0.05) is 43.6 Å². The van der Waals surface area contributed by atoms with E-state index in [1.54, 1.807) is 18.7 Å². The fourth-order valence-electron chi connectivity index (χ4n) is 6.14. The van der Waals surface area contributed by atoms with Crippen LogP contribution in [0.4, 0.5) is 29.3 Å². The topological polar surface area (TPSA) is 84.3 Å². The molecule has 7 nitrogen and oxygen atoms in total. The lowest BCUT2D eigenvalue weighted by molar-refractivity contribution is -0.139. The van der Waals surface area contributed by atoms with Crippen LogP contribution in [-0.2, 0) is 11.0 Å². The summed E-state index contributed by atoms with van der Waals surface area (Å²) in [5.41, 5.74) is -1.61. The van der Waals surface area contributed by atoms with Gasteiger partial charge in [0.05, 0.1) is 17.1 Å². The number of aliphatic hydroxyl groups is 1. The molecule has 4 rings (SSSR count). The molecule has 3 aliphatic rings. The van der Waals surface area contributed by atoms with Crippen molar-refractivity contribution >= 4 is 23.4 Å². The lowest BCUT2D eigenvalue weighted by Gasteiger charge is -2.42. The van der Waals surface area contributed by atoms with E-state index in [0.29, 0.717) is 45.2 Å². The zero-order valence-electron chi connectivity index (χ0n) is 20.9. The first kappa shape index (κ1) is 26.6. The van der Waals surface area contributed by atoms with E-state index in [1.807, 2.05) is 4.90 Å². The molecule has 1 atom stereocenters. The van der Waals surface area contributed by atoms with Crippen LogP contribution in [0.1, 0.15) is 64.4 Å². The van der Waals surface area contributed by atoms with Gasteiger partial charge in [-0.05, 0) is 69.1 Å². The maximum Gasteiger partial charge on any atom is 0.418 e. The second-order valence-corrected chi connectivity index (χ2v) is 11.0. The van der Waals surface area contributed by atoms with Gasteiger partial charge in [0.1, 0.15) is 0 Å². The van der Waals surface area contributed by atoms with Crippen LogP contribution in [0.15, 0.2) is 18.2 Å². The number of carbonyl (C=O) groups is 2. The van der Waals surface area contributed by atoms with Crippen molar-refractivity contribution in [2.24, 2.45) is 11.3 Å². The highest BCUT2D eigenvalue weighted by Gasteiger charge is 2.51. The van der Waals surface area contributed by atoms with Crippen LogP contribution in [0.25, 0.3) is 0 Å². The second kappa shape index (κ2) is 10.1. The number of piperidine rings is 1. The minimum absolute atomic E-state index is 0.00718. The highest BCUT2D eigenvalue weighted by Crippen LogP contribution is 2.46. The van der Waals surface area contributed by atoms with Crippen LogP contribution in [0.3, 0.4) is 0 Å². The molecule has 2 N–H and O–H groups in total.